The van der Waals surface area contributed by atoms with Crippen LogP contribution in [0.25, 0.3) is 10.9 Å². The Morgan fingerprint density at radius 3 is 2.73 bits per heavy atom. The molecular weight excluding hydrogens is 282 g/mol. The summed E-state index contributed by atoms with van der Waals surface area (Å²) in [4.78, 5) is 27.0. The van der Waals surface area contributed by atoms with E-state index in [2.05, 4.69) is 4.98 Å². The molecule has 0 spiro atoms. The summed E-state index contributed by atoms with van der Waals surface area (Å²) in [5.74, 6) is -0.501. The van der Waals surface area contributed by atoms with Crippen molar-refractivity contribution >= 4 is 22.7 Å². The Balaban J connectivity index is 2.29. The van der Waals surface area contributed by atoms with Gasteiger partial charge in [0.05, 0.1) is 18.7 Å². The average molecular weight is 303 g/mol. The smallest absolute Gasteiger partial charge is 0.306 e. The number of H-pyrrole nitrogens is 1. The molecule has 2 aromatic rings. The van der Waals surface area contributed by atoms with Crippen LogP contribution in [0, 0.1) is 6.92 Å². The second-order valence-corrected chi connectivity index (χ2v) is 5.18. The molecule has 0 aliphatic rings. The van der Waals surface area contributed by atoms with Crippen molar-refractivity contribution in [3.8, 4) is 0 Å². The third kappa shape index (κ3) is 3.36. The zero-order valence-electron chi connectivity index (χ0n) is 12.9. The van der Waals surface area contributed by atoms with Crippen molar-refractivity contribution in [1.82, 2.24) is 4.98 Å². The molecule has 0 atom stereocenters. The summed E-state index contributed by atoms with van der Waals surface area (Å²) in [5.41, 5.74) is 3.25. The molecule has 2 rings (SSSR count). The Morgan fingerprint density at radius 2 is 2.05 bits per heavy atom. The summed E-state index contributed by atoms with van der Waals surface area (Å²) >= 11 is 0. The fourth-order valence-corrected chi connectivity index (χ4v) is 2.60. The number of ether oxygens (including phenoxy) is 1. The molecule has 1 aromatic heterocycles. The van der Waals surface area contributed by atoms with Crippen molar-refractivity contribution in [2.45, 2.75) is 33.1 Å². The number of ketones is 1. The van der Waals surface area contributed by atoms with Gasteiger partial charge in [0.2, 0.25) is 0 Å². The van der Waals surface area contributed by atoms with Gasteiger partial charge in [-0.1, -0.05) is 18.2 Å². The number of aromatic amines is 1. The number of fused-ring (bicyclic) bond motifs is 1. The van der Waals surface area contributed by atoms with Crippen LogP contribution in [-0.4, -0.2) is 35.1 Å². The maximum atomic E-state index is 12.4. The second-order valence-electron chi connectivity index (χ2n) is 5.18. The number of benzene rings is 1. The van der Waals surface area contributed by atoms with Gasteiger partial charge in [0.25, 0.3) is 0 Å². The lowest BCUT2D eigenvalue weighted by Gasteiger charge is -2.03. The van der Waals surface area contributed by atoms with Gasteiger partial charge in [0.1, 0.15) is 0 Å². The number of hydrogen-bond acceptors (Lipinski definition) is 4. The minimum absolute atomic E-state index is 0.0287. The number of carbonyl (C=O) groups excluding carboxylic acids is 2. The van der Waals surface area contributed by atoms with Crippen LogP contribution >= 0.6 is 0 Å². The number of aliphatic hydroxyl groups excluding tert-OH is 1. The summed E-state index contributed by atoms with van der Waals surface area (Å²) < 4.78 is 4.84. The van der Waals surface area contributed by atoms with Gasteiger partial charge < -0.3 is 14.8 Å². The highest BCUT2D eigenvalue weighted by Gasteiger charge is 2.19. The zero-order valence-corrected chi connectivity index (χ0v) is 12.9. The van der Waals surface area contributed by atoms with Gasteiger partial charge in [-0.05, 0) is 31.4 Å². The number of hydrogen-bond donors (Lipinski definition) is 2. The van der Waals surface area contributed by atoms with Crippen LogP contribution in [0.3, 0.4) is 0 Å². The number of Topliss-reactive ketones (excluding diaryl/α,β-unsaturated/α-hetero) is 1. The molecule has 1 heterocycles. The summed E-state index contributed by atoms with van der Waals surface area (Å²) in [6.07, 6.45) is 0.576. The topological polar surface area (TPSA) is 79.4 Å². The molecule has 0 saturated heterocycles. The SMILES string of the molecule is CCOC(=O)CCC(=O)c1[nH]c2c(C)cccc2c1CCO. The summed E-state index contributed by atoms with van der Waals surface area (Å²) in [6, 6.07) is 5.83. The first-order chi connectivity index (χ1) is 10.6. The Morgan fingerprint density at radius 1 is 1.27 bits per heavy atom. The molecule has 0 aliphatic heterocycles. The van der Waals surface area contributed by atoms with Gasteiger partial charge in [-0.2, -0.15) is 0 Å². The molecule has 0 fully saturated rings. The van der Waals surface area contributed by atoms with Gasteiger partial charge in [-0.15, -0.1) is 0 Å². The number of aryl methyl sites for hydroxylation is 1. The highest BCUT2D eigenvalue weighted by atomic mass is 16.5. The predicted octanol–water partition coefficient (Wildman–Crippen LogP) is 2.54. The van der Waals surface area contributed by atoms with E-state index in [0.29, 0.717) is 18.7 Å². The fraction of sp³-hybridized carbons (Fsp3) is 0.412. The van der Waals surface area contributed by atoms with Crippen molar-refractivity contribution < 1.29 is 19.4 Å². The van der Waals surface area contributed by atoms with Gasteiger partial charge in [0.15, 0.2) is 5.78 Å². The lowest BCUT2D eigenvalue weighted by molar-refractivity contribution is -0.143. The minimum atomic E-state index is -0.369. The van der Waals surface area contributed by atoms with Crippen LogP contribution in [0.4, 0.5) is 0 Å². The standard InChI is InChI=1S/C17H21NO4/c1-3-22-15(21)8-7-14(20)17-13(9-10-19)12-6-4-5-11(2)16(12)18-17/h4-6,18-19H,3,7-10H2,1-2H3. The molecule has 1 aromatic carbocycles. The number of carbonyl (C=O) groups is 2. The van der Waals surface area contributed by atoms with E-state index in [9.17, 15) is 14.7 Å². The number of para-hydroxylation sites is 1. The van der Waals surface area contributed by atoms with Crippen LogP contribution < -0.4 is 0 Å². The summed E-state index contributed by atoms with van der Waals surface area (Å²) in [5, 5.41) is 10.2. The molecular formula is C17H21NO4. The molecule has 118 valence electrons. The van der Waals surface area contributed by atoms with E-state index in [4.69, 9.17) is 4.74 Å². The predicted molar refractivity (Wildman–Crippen MR) is 84.0 cm³/mol. The molecule has 0 radical (unpaired) electrons. The van der Waals surface area contributed by atoms with Crippen LogP contribution in [0.15, 0.2) is 18.2 Å². The first kappa shape index (κ1) is 16.2. The maximum Gasteiger partial charge on any atom is 0.306 e. The lowest BCUT2D eigenvalue weighted by atomic mass is 10.0. The number of aromatic nitrogens is 1. The number of rotatable bonds is 7. The number of nitrogens with one attached hydrogen (secondary N) is 1. The quantitative estimate of drug-likeness (QED) is 0.608. The molecule has 0 bridgehead atoms. The second kappa shape index (κ2) is 7.22. The van der Waals surface area contributed by atoms with Crippen molar-refractivity contribution in [3.05, 3.63) is 35.0 Å². The van der Waals surface area contributed by atoms with Gasteiger partial charge in [0, 0.05) is 23.9 Å². The summed E-state index contributed by atoms with van der Waals surface area (Å²) in [7, 11) is 0. The number of aliphatic hydroxyl groups is 1. The molecule has 0 aliphatic carbocycles. The molecule has 2 N–H and O–H groups in total. The average Bonchev–Trinajstić information content (AvgIpc) is 2.86. The van der Waals surface area contributed by atoms with E-state index in [1.807, 2.05) is 25.1 Å². The Kier molecular flexibility index (Phi) is 5.33. The highest BCUT2D eigenvalue weighted by molar-refractivity contribution is 6.03. The minimum Gasteiger partial charge on any atom is -0.466 e. The van der Waals surface area contributed by atoms with Crippen molar-refractivity contribution in [1.29, 1.82) is 0 Å². The zero-order chi connectivity index (χ0) is 16.1. The van der Waals surface area contributed by atoms with Gasteiger partial charge in [-0.3, -0.25) is 9.59 Å². The van der Waals surface area contributed by atoms with E-state index < -0.39 is 0 Å². The van der Waals surface area contributed by atoms with E-state index in [1.165, 1.54) is 0 Å². The van der Waals surface area contributed by atoms with E-state index in [0.717, 1.165) is 22.0 Å². The highest BCUT2D eigenvalue weighted by Crippen LogP contribution is 2.26. The Labute approximate surface area is 129 Å². The monoisotopic (exact) mass is 303 g/mol. The first-order valence-electron chi connectivity index (χ1n) is 7.48. The van der Waals surface area contributed by atoms with Crippen LogP contribution in [0.2, 0.25) is 0 Å². The van der Waals surface area contributed by atoms with Gasteiger partial charge in [-0.25, -0.2) is 0 Å². The molecule has 22 heavy (non-hydrogen) atoms. The van der Waals surface area contributed by atoms with Crippen molar-refractivity contribution in [2.24, 2.45) is 0 Å². The Bertz CT molecular complexity index is 687. The van der Waals surface area contributed by atoms with Crippen LogP contribution in [0.5, 0.6) is 0 Å². The molecule has 0 amide bonds. The van der Waals surface area contributed by atoms with E-state index in [1.54, 1.807) is 6.92 Å². The fourth-order valence-electron chi connectivity index (χ4n) is 2.60. The third-order valence-corrected chi connectivity index (χ3v) is 3.65. The largest absolute Gasteiger partial charge is 0.466 e. The van der Waals surface area contributed by atoms with Crippen molar-refractivity contribution in [2.75, 3.05) is 13.2 Å². The normalized spacial score (nSPS) is 10.9. The van der Waals surface area contributed by atoms with E-state index >= 15 is 0 Å². The van der Waals surface area contributed by atoms with Gasteiger partial charge >= 0.3 is 5.97 Å². The third-order valence-electron chi connectivity index (χ3n) is 3.65. The van der Waals surface area contributed by atoms with E-state index in [-0.39, 0.29) is 31.2 Å². The molecule has 0 saturated carbocycles. The molecule has 5 heteroatoms. The summed E-state index contributed by atoms with van der Waals surface area (Å²) in [6.45, 7) is 3.99. The first-order valence-corrected chi connectivity index (χ1v) is 7.48. The van der Waals surface area contributed by atoms with Crippen LogP contribution in [-0.2, 0) is 16.0 Å². The molecule has 0 unspecified atom stereocenters. The lowest BCUT2D eigenvalue weighted by Crippen LogP contribution is -2.10. The molecule has 5 nitrogen and oxygen atoms in total. The van der Waals surface area contributed by atoms with Crippen LogP contribution in [0.1, 0.15) is 41.4 Å². The number of esters is 1. The maximum absolute atomic E-state index is 12.4. The Hall–Kier alpha value is -2.14. The van der Waals surface area contributed by atoms with Crippen molar-refractivity contribution in [3.63, 3.8) is 0 Å².